The van der Waals surface area contributed by atoms with Crippen molar-refractivity contribution >= 4 is 28.9 Å². The molecule has 2 N–H and O–H groups in total. The van der Waals surface area contributed by atoms with Crippen LogP contribution in [0.3, 0.4) is 0 Å². The van der Waals surface area contributed by atoms with Crippen molar-refractivity contribution in [1.82, 2.24) is 15.3 Å². The van der Waals surface area contributed by atoms with E-state index in [2.05, 4.69) is 20.6 Å². The van der Waals surface area contributed by atoms with E-state index in [1.165, 1.54) is 0 Å². The normalized spacial score (nSPS) is 10.2. The maximum absolute atomic E-state index is 12.3. The van der Waals surface area contributed by atoms with E-state index in [-0.39, 0.29) is 5.91 Å². The molecule has 2 aromatic heterocycles. The van der Waals surface area contributed by atoms with E-state index in [1.807, 2.05) is 18.2 Å². The van der Waals surface area contributed by atoms with Gasteiger partial charge in [-0.15, -0.1) is 0 Å². The number of pyridine rings is 2. The van der Waals surface area contributed by atoms with Crippen LogP contribution in [0.5, 0.6) is 5.75 Å². The molecule has 0 aliphatic rings. The van der Waals surface area contributed by atoms with Gasteiger partial charge in [0.15, 0.2) is 0 Å². The summed E-state index contributed by atoms with van der Waals surface area (Å²) in [4.78, 5) is 20.4. The minimum absolute atomic E-state index is 0.252. The van der Waals surface area contributed by atoms with Gasteiger partial charge in [-0.05, 0) is 48.0 Å². The first-order valence-corrected chi connectivity index (χ1v) is 8.27. The van der Waals surface area contributed by atoms with Crippen LogP contribution in [-0.4, -0.2) is 23.0 Å². The predicted molar refractivity (Wildman–Crippen MR) is 101 cm³/mol. The van der Waals surface area contributed by atoms with E-state index in [4.69, 9.17) is 16.3 Å². The third kappa shape index (κ3) is 4.49. The van der Waals surface area contributed by atoms with Crippen molar-refractivity contribution in [2.45, 2.75) is 6.54 Å². The second-order valence-electron chi connectivity index (χ2n) is 5.44. The number of anilines is 2. The zero-order chi connectivity index (χ0) is 18.4. The molecule has 0 spiro atoms. The Hall–Kier alpha value is -3.12. The SMILES string of the molecule is COc1ccc(Nc2ccnc(C(=O)NCc3ccncc3)c2)cc1Cl. The van der Waals surface area contributed by atoms with Crippen LogP contribution in [0.1, 0.15) is 16.1 Å². The average Bonchev–Trinajstić information content (AvgIpc) is 2.67. The molecule has 2 heterocycles. The zero-order valence-corrected chi connectivity index (χ0v) is 14.8. The fourth-order valence-corrected chi connectivity index (χ4v) is 2.57. The highest BCUT2D eigenvalue weighted by molar-refractivity contribution is 6.32. The summed E-state index contributed by atoms with van der Waals surface area (Å²) in [6.45, 7) is 0.411. The van der Waals surface area contributed by atoms with Crippen molar-refractivity contribution in [3.05, 3.63) is 77.3 Å². The summed E-state index contributed by atoms with van der Waals surface area (Å²) in [6, 6.07) is 12.5. The molecular formula is C19H17ClN4O2. The van der Waals surface area contributed by atoms with Gasteiger partial charge in [-0.3, -0.25) is 14.8 Å². The van der Waals surface area contributed by atoms with Crippen molar-refractivity contribution in [2.75, 3.05) is 12.4 Å². The molecule has 1 amide bonds. The summed E-state index contributed by atoms with van der Waals surface area (Å²) in [5.74, 6) is 0.348. The number of carbonyl (C=O) groups is 1. The van der Waals surface area contributed by atoms with Crippen LogP contribution in [0.25, 0.3) is 0 Å². The second kappa shape index (κ2) is 8.31. The lowest BCUT2D eigenvalue weighted by atomic mass is 10.2. The minimum atomic E-state index is -0.252. The molecule has 3 rings (SSSR count). The summed E-state index contributed by atoms with van der Waals surface area (Å²) < 4.78 is 5.14. The van der Waals surface area contributed by atoms with Gasteiger partial charge < -0.3 is 15.4 Å². The van der Waals surface area contributed by atoms with Gasteiger partial charge in [0, 0.05) is 36.5 Å². The molecule has 0 aliphatic heterocycles. The van der Waals surface area contributed by atoms with Crippen molar-refractivity contribution in [1.29, 1.82) is 0 Å². The van der Waals surface area contributed by atoms with E-state index in [0.29, 0.717) is 23.0 Å². The second-order valence-corrected chi connectivity index (χ2v) is 5.85. The number of hydrogen-bond donors (Lipinski definition) is 2. The maximum atomic E-state index is 12.3. The molecule has 0 bridgehead atoms. The molecule has 0 aliphatic carbocycles. The molecule has 0 fully saturated rings. The number of nitrogens with zero attached hydrogens (tertiary/aromatic N) is 2. The largest absolute Gasteiger partial charge is 0.495 e. The minimum Gasteiger partial charge on any atom is -0.495 e. The first-order valence-electron chi connectivity index (χ1n) is 7.89. The summed E-state index contributed by atoms with van der Waals surface area (Å²) in [5, 5.41) is 6.53. The Labute approximate surface area is 156 Å². The molecule has 0 radical (unpaired) electrons. The highest BCUT2D eigenvalue weighted by atomic mass is 35.5. The fraction of sp³-hybridized carbons (Fsp3) is 0.105. The van der Waals surface area contributed by atoms with E-state index >= 15 is 0 Å². The van der Waals surface area contributed by atoms with E-state index in [1.54, 1.807) is 50.0 Å². The lowest BCUT2D eigenvalue weighted by Gasteiger charge is -2.10. The Balaban J connectivity index is 1.67. The maximum Gasteiger partial charge on any atom is 0.270 e. The third-order valence-electron chi connectivity index (χ3n) is 3.64. The Morgan fingerprint density at radius 3 is 2.58 bits per heavy atom. The van der Waals surface area contributed by atoms with Gasteiger partial charge in [-0.1, -0.05) is 11.6 Å². The quantitative estimate of drug-likeness (QED) is 0.691. The number of nitrogens with one attached hydrogen (secondary N) is 2. The molecule has 6 nitrogen and oxygen atoms in total. The number of rotatable bonds is 6. The van der Waals surface area contributed by atoms with Crippen LogP contribution < -0.4 is 15.4 Å². The standard InChI is InChI=1S/C19H17ClN4O2/c1-26-18-3-2-14(10-16(18)20)24-15-6-9-22-17(11-15)19(25)23-12-13-4-7-21-8-5-13/h2-11H,12H2,1H3,(H,22,24)(H,23,25). The summed E-state index contributed by atoms with van der Waals surface area (Å²) in [7, 11) is 1.56. The molecule has 132 valence electrons. The number of halogens is 1. The van der Waals surface area contributed by atoms with E-state index < -0.39 is 0 Å². The number of carbonyl (C=O) groups excluding carboxylic acids is 1. The van der Waals surface area contributed by atoms with Gasteiger partial charge in [0.05, 0.1) is 12.1 Å². The Morgan fingerprint density at radius 1 is 1.08 bits per heavy atom. The van der Waals surface area contributed by atoms with Gasteiger partial charge in [0.1, 0.15) is 11.4 Å². The Bertz CT molecular complexity index is 903. The molecule has 1 aromatic carbocycles. The first-order chi connectivity index (χ1) is 12.7. The van der Waals surface area contributed by atoms with Crippen LogP contribution in [0, 0.1) is 0 Å². The van der Waals surface area contributed by atoms with Crippen LogP contribution in [0.2, 0.25) is 5.02 Å². The number of benzene rings is 1. The lowest BCUT2D eigenvalue weighted by Crippen LogP contribution is -2.23. The average molecular weight is 369 g/mol. The zero-order valence-electron chi connectivity index (χ0n) is 14.1. The van der Waals surface area contributed by atoms with Gasteiger partial charge in [-0.25, -0.2) is 0 Å². The molecule has 0 unspecified atom stereocenters. The highest BCUT2D eigenvalue weighted by Crippen LogP contribution is 2.28. The van der Waals surface area contributed by atoms with E-state index in [0.717, 1.165) is 16.9 Å². The molecule has 7 heteroatoms. The number of hydrogen-bond acceptors (Lipinski definition) is 5. The monoisotopic (exact) mass is 368 g/mol. The number of aromatic nitrogens is 2. The molecule has 0 saturated carbocycles. The van der Waals surface area contributed by atoms with Crippen LogP contribution >= 0.6 is 11.6 Å². The lowest BCUT2D eigenvalue weighted by molar-refractivity contribution is 0.0946. The van der Waals surface area contributed by atoms with Crippen molar-refractivity contribution in [3.8, 4) is 5.75 Å². The number of ether oxygens (including phenoxy) is 1. The molecule has 0 atom stereocenters. The summed E-state index contributed by atoms with van der Waals surface area (Å²) >= 11 is 6.13. The Morgan fingerprint density at radius 2 is 1.85 bits per heavy atom. The van der Waals surface area contributed by atoms with Gasteiger partial charge >= 0.3 is 0 Å². The van der Waals surface area contributed by atoms with Gasteiger partial charge in [0.2, 0.25) is 0 Å². The van der Waals surface area contributed by atoms with Crippen LogP contribution in [0.15, 0.2) is 61.1 Å². The van der Waals surface area contributed by atoms with Crippen LogP contribution in [-0.2, 0) is 6.54 Å². The van der Waals surface area contributed by atoms with Crippen LogP contribution in [0.4, 0.5) is 11.4 Å². The van der Waals surface area contributed by atoms with Crippen molar-refractivity contribution in [3.63, 3.8) is 0 Å². The van der Waals surface area contributed by atoms with Gasteiger partial charge in [-0.2, -0.15) is 0 Å². The topological polar surface area (TPSA) is 76.1 Å². The first kappa shape index (κ1) is 17.7. The van der Waals surface area contributed by atoms with Crippen molar-refractivity contribution in [2.24, 2.45) is 0 Å². The summed E-state index contributed by atoms with van der Waals surface area (Å²) in [6.07, 6.45) is 4.95. The van der Waals surface area contributed by atoms with Gasteiger partial charge in [0.25, 0.3) is 5.91 Å². The smallest absolute Gasteiger partial charge is 0.270 e. The Kier molecular flexibility index (Phi) is 5.66. The van der Waals surface area contributed by atoms with E-state index in [9.17, 15) is 4.79 Å². The highest BCUT2D eigenvalue weighted by Gasteiger charge is 2.09. The third-order valence-corrected chi connectivity index (χ3v) is 3.93. The molecule has 26 heavy (non-hydrogen) atoms. The summed E-state index contributed by atoms with van der Waals surface area (Å²) in [5.41, 5.74) is 2.81. The fourth-order valence-electron chi connectivity index (χ4n) is 2.32. The predicted octanol–water partition coefficient (Wildman–Crippen LogP) is 3.81. The molecule has 3 aromatic rings. The molecule has 0 saturated heterocycles. The number of amides is 1. The molecular weight excluding hydrogens is 352 g/mol. The number of methoxy groups -OCH3 is 1. The van der Waals surface area contributed by atoms with Crippen molar-refractivity contribution < 1.29 is 9.53 Å².